The highest BCUT2D eigenvalue weighted by atomic mass is 19.1. The lowest BCUT2D eigenvalue weighted by Crippen LogP contribution is -2.61. The Bertz CT molecular complexity index is 1330. The molecular formula is C32H45FN8O3. The lowest BCUT2D eigenvalue weighted by Gasteiger charge is -2.54. The first kappa shape index (κ1) is 30.5. The molecule has 3 amide bonds. The van der Waals surface area contributed by atoms with Crippen molar-refractivity contribution in [1.82, 2.24) is 35.2 Å². The average Bonchev–Trinajstić information content (AvgIpc) is 3.82. The van der Waals surface area contributed by atoms with Crippen molar-refractivity contribution in [3.63, 3.8) is 0 Å². The van der Waals surface area contributed by atoms with E-state index in [9.17, 15) is 14.0 Å². The van der Waals surface area contributed by atoms with Crippen LogP contribution in [0.3, 0.4) is 0 Å². The molecular weight excluding hydrogens is 563 g/mol. The van der Waals surface area contributed by atoms with E-state index in [1.54, 1.807) is 4.90 Å². The van der Waals surface area contributed by atoms with Crippen LogP contribution in [0, 0.1) is 17.2 Å². The SMILES string of the molecule is CCN(C(=O)c1cc(F)ccc1Oc1nncnc1N1CC2(CCN(CC3CCN(C(=O)NC4CC4)CC3)CC2)C1)C(C)C. The summed E-state index contributed by atoms with van der Waals surface area (Å²) in [5, 5.41) is 11.3. The Morgan fingerprint density at radius 1 is 1.11 bits per heavy atom. The van der Waals surface area contributed by atoms with Crippen molar-refractivity contribution in [3.05, 3.63) is 35.9 Å². The molecule has 0 radical (unpaired) electrons. The number of benzene rings is 1. The van der Waals surface area contributed by atoms with Crippen LogP contribution in [-0.2, 0) is 0 Å². The van der Waals surface area contributed by atoms with Crippen molar-refractivity contribution in [2.45, 2.75) is 71.4 Å². The van der Waals surface area contributed by atoms with E-state index in [-0.39, 0.29) is 40.6 Å². The Kier molecular flexibility index (Phi) is 8.89. The van der Waals surface area contributed by atoms with Crippen LogP contribution in [0.4, 0.5) is 15.0 Å². The molecule has 4 heterocycles. The number of aromatic nitrogens is 3. The highest BCUT2D eigenvalue weighted by molar-refractivity contribution is 5.97. The number of hydrogen-bond acceptors (Lipinski definition) is 8. The fraction of sp³-hybridized carbons (Fsp3) is 0.656. The summed E-state index contributed by atoms with van der Waals surface area (Å²) in [5.74, 6) is 0.879. The monoisotopic (exact) mass is 608 g/mol. The van der Waals surface area contributed by atoms with E-state index < -0.39 is 5.82 Å². The summed E-state index contributed by atoms with van der Waals surface area (Å²) in [6.07, 6.45) is 8.05. The largest absolute Gasteiger partial charge is 0.434 e. The van der Waals surface area contributed by atoms with Gasteiger partial charge in [0, 0.05) is 56.8 Å². The molecule has 2 aromatic rings. The molecule has 4 aliphatic rings. The number of anilines is 1. The molecule has 1 spiro atoms. The van der Waals surface area contributed by atoms with Crippen molar-refractivity contribution in [3.8, 4) is 11.6 Å². The minimum atomic E-state index is -0.504. The average molecular weight is 609 g/mol. The molecule has 1 saturated carbocycles. The molecule has 11 nitrogen and oxygen atoms in total. The predicted molar refractivity (Wildman–Crippen MR) is 164 cm³/mol. The fourth-order valence-electron chi connectivity index (χ4n) is 6.92. The molecule has 1 aromatic heterocycles. The summed E-state index contributed by atoms with van der Waals surface area (Å²) in [6, 6.07) is 4.45. The van der Waals surface area contributed by atoms with Crippen LogP contribution in [0.2, 0.25) is 0 Å². The zero-order valence-corrected chi connectivity index (χ0v) is 26.2. The Morgan fingerprint density at radius 3 is 2.50 bits per heavy atom. The minimum Gasteiger partial charge on any atom is -0.434 e. The number of nitrogens with one attached hydrogen (secondary N) is 1. The molecule has 44 heavy (non-hydrogen) atoms. The van der Waals surface area contributed by atoms with Gasteiger partial charge in [-0.25, -0.2) is 14.2 Å². The smallest absolute Gasteiger partial charge is 0.317 e. The van der Waals surface area contributed by atoms with Crippen molar-refractivity contribution >= 4 is 17.8 Å². The van der Waals surface area contributed by atoms with Gasteiger partial charge in [0.15, 0.2) is 5.82 Å². The second-order valence-electron chi connectivity index (χ2n) is 13.3. The van der Waals surface area contributed by atoms with Crippen LogP contribution >= 0.6 is 0 Å². The molecule has 3 saturated heterocycles. The number of rotatable bonds is 9. The van der Waals surface area contributed by atoms with E-state index in [4.69, 9.17) is 4.74 Å². The maximum atomic E-state index is 14.2. The Labute approximate surface area is 259 Å². The summed E-state index contributed by atoms with van der Waals surface area (Å²) >= 11 is 0. The van der Waals surface area contributed by atoms with Crippen LogP contribution in [0.25, 0.3) is 0 Å². The van der Waals surface area contributed by atoms with Gasteiger partial charge in [-0.3, -0.25) is 4.79 Å². The van der Waals surface area contributed by atoms with Gasteiger partial charge >= 0.3 is 6.03 Å². The second kappa shape index (κ2) is 12.8. The van der Waals surface area contributed by atoms with Gasteiger partial charge in [0.1, 0.15) is 17.9 Å². The topological polar surface area (TPSA) is 107 Å². The molecule has 4 fully saturated rings. The number of hydrogen-bond donors (Lipinski definition) is 1. The summed E-state index contributed by atoms with van der Waals surface area (Å²) in [6.45, 7) is 12.9. The summed E-state index contributed by atoms with van der Waals surface area (Å²) in [4.78, 5) is 38.6. The van der Waals surface area contributed by atoms with Gasteiger partial charge in [-0.1, -0.05) is 0 Å². The highest BCUT2D eigenvalue weighted by Crippen LogP contribution is 2.44. The fourth-order valence-corrected chi connectivity index (χ4v) is 6.92. The zero-order chi connectivity index (χ0) is 30.8. The van der Waals surface area contributed by atoms with E-state index in [0.717, 1.165) is 84.3 Å². The molecule has 0 atom stereocenters. The van der Waals surface area contributed by atoms with Crippen LogP contribution in [0.5, 0.6) is 11.6 Å². The van der Waals surface area contributed by atoms with E-state index in [0.29, 0.717) is 24.3 Å². The number of piperidine rings is 2. The van der Waals surface area contributed by atoms with Gasteiger partial charge in [-0.15, -0.1) is 10.2 Å². The number of halogens is 1. The standard InChI is InChI=1S/C32H45FN8O3/c1-4-41(22(2)3)30(42)26-17-24(33)5-8-27(26)44-29-28(34-21-35-37-29)40-19-32(20-40)11-15-38(16-12-32)18-23-9-13-39(14-10-23)31(43)36-25-6-7-25/h5,8,17,21-23,25H,4,6-7,9-16,18-20H2,1-3H3,(H,36,43). The number of carbonyl (C=O) groups is 2. The van der Waals surface area contributed by atoms with Crippen molar-refractivity contribution < 1.29 is 18.7 Å². The van der Waals surface area contributed by atoms with Gasteiger partial charge in [0.05, 0.1) is 5.56 Å². The number of likely N-dealkylation sites (tertiary alicyclic amines) is 2. The quantitative estimate of drug-likeness (QED) is 0.453. The van der Waals surface area contributed by atoms with Gasteiger partial charge in [-0.05, 0) is 96.5 Å². The first-order valence-electron chi connectivity index (χ1n) is 16.2. The van der Waals surface area contributed by atoms with Crippen molar-refractivity contribution in [2.24, 2.45) is 11.3 Å². The number of carbonyl (C=O) groups excluding carboxylic acids is 2. The van der Waals surface area contributed by atoms with Crippen molar-refractivity contribution in [2.75, 3.05) is 57.3 Å². The third-order valence-corrected chi connectivity index (χ3v) is 9.77. The molecule has 12 heteroatoms. The number of ether oxygens (including phenoxy) is 1. The van der Waals surface area contributed by atoms with Gasteiger partial charge in [0.2, 0.25) is 0 Å². The van der Waals surface area contributed by atoms with Crippen LogP contribution in [0.1, 0.15) is 69.7 Å². The second-order valence-corrected chi connectivity index (χ2v) is 13.3. The van der Waals surface area contributed by atoms with E-state index in [2.05, 4.69) is 30.3 Å². The first-order valence-corrected chi connectivity index (χ1v) is 16.2. The van der Waals surface area contributed by atoms with Crippen molar-refractivity contribution in [1.29, 1.82) is 0 Å². The minimum absolute atomic E-state index is 0.0427. The predicted octanol–water partition coefficient (Wildman–Crippen LogP) is 4.16. The molecule has 238 valence electrons. The first-order chi connectivity index (χ1) is 21.2. The Balaban J connectivity index is 1.02. The van der Waals surface area contributed by atoms with E-state index in [1.807, 2.05) is 25.7 Å². The highest BCUT2D eigenvalue weighted by Gasteiger charge is 2.46. The maximum Gasteiger partial charge on any atom is 0.317 e. The molecule has 6 rings (SSSR count). The zero-order valence-electron chi connectivity index (χ0n) is 26.2. The van der Waals surface area contributed by atoms with Crippen LogP contribution < -0.4 is 15.0 Å². The van der Waals surface area contributed by atoms with E-state index >= 15 is 0 Å². The Hall–Kier alpha value is -3.54. The van der Waals surface area contributed by atoms with Gasteiger partial charge in [-0.2, -0.15) is 0 Å². The van der Waals surface area contributed by atoms with Gasteiger partial charge < -0.3 is 29.7 Å². The van der Waals surface area contributed by atoms with Crippen LogP contribution in [0.15, 0.2) is 24.5 Å². The van der Waals surface area contributed by atoms with Gasteiger partial charge in [0.25, 0.3) is 11.8 Å². The molecule has 0 bridgehead atoms. The summed E-state index contributed by atoms with van der Waals surface area (Å²) in [5.41, 5.74) is 0.385. The van der Waals surface area contributed by atoms with Crippen LogP contribution in [-0.4, -0.2) is 106 Å². The number of amides is 3. The molecule has 3 aliphatic heterocycles. The molecule has 1 aliphatic carbocycles. The Morgan fingerprint density at radius 2 is 1.84 bits per heavy atom. The molecule has 1 aromatic carbocycles. The molecule has 0 unspecified atom stereocenters. The lowest BCUT2D eigenvalue weighted by atomic mass is 9.72. The third-order valence-electron chi connectivity index (χ3n) is 9.77. The lowest BCUT2D eigenvalue weighted by molar-refractivity contribution is 0.0588. The number of nitrogens with zero attached hydrogens (tertiary/aromatic N) is 7. The molecule has 1 N–H and O–H groups in total. The maximum absolute atomic E-state index is 14.2. The normalized spacial score (nSPS) is 20.5. The van der Waals surface area contributed by atoms with E-state index in [1.165, 1.54) is 24.5 Å². The summed E-state index contributed by atoms with van der Waals surface area (Å²) < 4.78 is 20.4. The third kappa shape index (κ3) is 6.74. The summed E-state index contributed by atoms with van der Waals surface area (Å²) in [7, 11) is 0. The number of urea groups is 1.